The molecule has 0 atom stereocenters. The number of fused-ring (bicyclic) bond motifs is 1. The number of methoxy groups -OCH3 is 2. The van der Waals surface area contributed by atoms with Gasteiger partial charge in [-0.2, -0.15) is 5.10 Å². The van der Waals surface area contributed by atoms with Crippen molar-refractivity contribution in [3.63, 3.8) is 0 Å². The van der Waals surface area contributed by atoms with Gasteiger partial charge in [-0.05, 0) is 43.5 Å². The standard InChI is InChI=1S/C22H28N4O3/c1-13(2)18-10-16(17-12-24-26(14(3)4)21(17)25-18)22(27)23-11-15-7-8-19(28-5)20(9-15)29-6/h7-10,12-14H,11H2,1-6H3,(H,23,27). The molecular formula is C22H28N4O3. The number of hydrogen-bond acceptors (Lipinski definition) is 5. The second-order valence-corrected chi connectivity index (χ2v) is 7.54. The molecule has 154 valence electrons. The fourth-order valence-electron chi connectivity index (χ4n) is 3.17. The van der Waals surface area contributed by atoms with Gasteiger partial charge in [0.15, 0.2) is 17.1 Å². The van der Waals surface area contributed by atoms with E-state index >= 15 is 0 Å². The Morgan fingerprint density at radius 3 is 2.45 bits per heavy atom. The van der Waals surface area contributed by atoms with E-state index in [2.05, 4.69) is 24.3 Å². The Kier molecular flexibility index (Phi) is 6.06. The van der Waals surface area contributed by atoms with Crippen LogP contribution < -0.4 is 14.8 Å². The van der Waals surface area contributed by atoms with Crippen molar-refractivity contribution in [3.05, 3.63) is 47.3 Å². The SMILES string of the molecule is COc1ccc(CNC(=O)c2cc(C(C)C)nc3c2cnn3C(C)C)cc1OC. The second kappa shape index (κ2) is 8.51. The summed E-state index contributed by atoms with van der Waals surface area (Å²) in [5.41, 5.74) is 3.12. The van der Waals surface area contributed by atoms with Crippen LogP contribution in [0.3, 0.4) is 0 Å². The van der Waals surface area contributed by atoms with Gasteiger partial charge in [-0.3, -0.25) is 4.79 Å². The molecule has 2 heterocycles. The van der Waals surface area contributed by atoms with E-state index in [1.807, 2.05) is 42.8 Å². The van der Waals surface area contributed by atoms with E-state index in [4.69, 9.17) is 14.5 Å². The molecule has 0 aliphatic carbocycles. The molecule has 0 saturated heterocycles. The van der Waals surface area contributed by atoms with Crippen molar-refractivity contribution in [2.75, 3.05) is 14.2 Å². The molecule has 3 aromatic rings. The number of carbonyl (C=O) groups excluding carboxylic acids is 1. The van der Waals surface area contributed by atoms with Gasteiger partial charge in [-0.15, -0.1) is 0 Å². The lowest BCUT2D eigenvalue weighted by Crippen LogP contribution is -2.23. The molecule has 0 bridgehead atoms. The van der Waals surface area contributed by atoms with E-state index < -0.39 is 0 Å². The number of aromatic nitrogens is 3. The van der Waals surface area contributed by atoms with Crippen LogP contribution in [0.1, 0.15) is 61.3 Å². The summed E-state index contributed by atoms with van der Waals surface area (Å²) in [6.07, 6.45) is 1.72. The lowest BCUT2D eigenvalue weighted by Gasteiger charge is -2.13. The third-order valence-corrected chi connectivity index (χ3v) is 4.81. The van der Waals surface area contributed by atoms with Crippen LogP contribution >= 0.6 is 0 Å². The van der Waals surface area contributed by atoms with Crippen LogP contribution in [-0.2, 0) is 6.54 Å². The molecule has 3 rings (SSSR count). The molecule has 1 N–H and O–H groups in total. The zero-order chi connectivity index (χ0) is 21.1. The fourth-order valence-corrected chi connectivity index (χ4v) is 3.17. The van der Waals surface area contributed by atoms with Gasteiger partial charge in [0.05, 0.1) is 31.4 Å². The number of ether oxygens (including phenoxy) is 2. The predicted octanol–water partition coefficient (Wildman–Crippen LogP) is 4.08. The fraction of sp³-hybridized carbons (Fsp3) is 0.409. The van der Waals surface area contributed by atoms with Crippen molar-refractivity contribution in [1.82, 2.24) is 20.1 Å². The molecule has 29 heavy (non-hydrogen) atoms. The molecule has 0 saturated carbocycles. The van der Waals surface area contributed by atoms with Gasteiger partial charge in [-0.25, -0.2) is 9.67 Å². The summed E-state index contributed by atoms with van der Waals surface area (Å²) in [4.78, 5) is 17.8. The quantitative estimate of drug-likeness (QED) is 0.651. The van der Waals surface area contributed by atoms with Gasteiger partial charge in [-0.1, -0.05) is 19.9 Å². The minimum absolute atomic E-state index is 0.155. The molecule has 0 fully saturated rings. The van der Waals surface area contributed by atoms with Crippen molar-refractivity contribution in [1.29, 1.82) is 0 Å². The second-order valence-electron chi connectivity index (χ2n) is 7.54. The molecule has 0 aliphatic heterocycles. The van der Waals surface area contributed by atoms with Gasteiger partial charge in [0.2, 0.25) is 0 Å². The average Bonchev–Trinajstić information content (AvgIpc) is 3.15. The monoisotopic (exact) mass is 396 g/mol. The van der Waals surface area contributed by atoms with Crippen molar-refractivity contribution in [2.24, 2.45) is 0 Å². The van der Waals surface area contributed by atoms with Crippen molar-refractivity contribution >= 4 is 16.9 Å². The Hall–Kier alpha value is -3.09. The van der Waals surface area contributed by atoms with Crippen LogP contribution in [0, 0.1) is 0 Å². The average molecular weight is 396 g/mol. The molecule has 1 amide bonds. The van der Waals surface area contributed by atoms with Gasteiger partial charge in [0.1, 0.15) is 0 Å². The van der Waals surface area contributed by atoms with Crippen LogP contribution in [0.2, 0.25) is 0 Å². The number of carbonyl (C=O) groups is 1. The van der Waals surface area contributed by atoms with E-state index in [1.165, 1.54) is 0 Å². The van der Waals surface area contributed by atoms with Crippen molar-refractivity contribution in [3.8, 4) is 11.5 Å². The molecule has 0 aliphatic rings. The highest BCUT2D eigenvalue weighted by Crippen LogP contribution is 2.28. The highest BCUT2D eigenvalue weighted by atomic mass is 16.5. The van der Waals surface area contributed by atoms with E-state index in [-0.39, 0.29) is 17.9 Å². The molecule has 7 heteroatoms. The number of benzene rings is 1. The number of nitrogens with one attached hydrogen (secondary N) is 1. The van der Waals surface area contributed by atoms with E-state index in [0.717, 1.165) is 22.3 Å². The normalized spacial score (nSPS) is 11.3. The van der Waals surface area contributed by atoms with Crippen LogP contribution in [0.5, 0.6) is 11.5 Å². The first-order valence-corrected chi connectivity index (χ1v) is 9.73. The Bertz CT molecular complexity index is 1020. The molecule has 7 nitrogen and oxygen atoms in total. The first-order chi connectivity index (χ1) is 13.8. The smallest absolute Gasteiger partial charge is 0.252 e. The minimum Gasteiger partial charge on any atom is -0.493 e. The zero-order valence-electron chi connectivity index (χ0n) is 17.8. The molecule has 0 radical (unpaired) electrons. The maximum absolute atomic E-state index is 13.0. The van der Waals surface area contributed by atoms with Crippen molar-refractivity contribution in [2.45, 2.75) is 46.2 Å². The maximum atomic E-state index is 13.0. The van der Waals surface area contributed by atoms with Crippen molar-refractivity contribution < 1.29 is 14.3 Å². The molecule has 0 unspecified atom stereocenters. The van der Waals surface area contributed by atoms with Gasteiger partial charge >= 0.3 is 0 Å². The summed E-state index contributed by atoms with van der Waals surface area (Å²) < 4.78 is 12.5. The minimum atomic E-state index is -0.155. The Labute approximate surface area is 171 Å². The molecule has 0 spiro atoms. The maximum Gasteiger partial charge on any atom is 0.252 e. The Morgan fingerprint density at radius 1 is 1.10 bits per heavy atom. The first-order valence-electron chi connectivity index (χ1n) is 9.73. The third-order valence-electron chi connectivity index (χ3n) is 4.81. The summed E-state index contributed by atoms with van der Waals surface area (Å²) in [7, 11) is 3.19. The third kappa shape index (κ3) is 4.18. The summed E-state index contributed by atoms with van der Waals surface area (Å²) in [5.74, 6) is 1.33. The number of amides is 1. The number of pyridine rings is 1. The molecular weight excluding hydrogens is 368 g/mol. The number of hydrogen-bond donors (Lipinski definition) is 1. The van der Waals surface area contributed by atoms with Crippen LogP contribution in [-0.4, -0.2) is 34.9 Å². The predicted molar refractivity (Wildman–Crippen MR) is 113 cm³/mol. The number of rotatable bonds is 7. The van der Waals surface area contributed by atoms with Crippen LogP contribution in [0.4, 0.5) is 0 Å². The van der Waals surface area contributed by atoms with Crippen LogP contribution in [0.15, 0.2) is 30.5 Å². The Morgan fingerprint density at radius 2 is 1.83 bits per heavy atom. The summed E-state index contributed by atoms with van der Waals surface area (Å²) in [5, 5.41) is 8.20. The van der Waals surface area contributed by atoms with Gasteiger partial charge < -0.3 is 14.8 Å². The largest absolute Gasteiger partial charge is 0.493 e. The summed E-state index contributed by atoms with van der Waals surface area (Å²) in [6.45, 7) is 8.60. The van der Waals surface area contributed by atoms with E-state index in [9.17, 15) is 4.79 Å². The van der Waals surface area contributed by atoms with Gasteiger partial charge in [0, 0.05) is 18.3 Å². The molecule has 1 aromatic carbocycles. The highest BCUT2D eigenvalue weighted by Gasteiger charge is 2.19. The highest BCUT2D eigenvalue weighted by molar-refractivity contribution is 6.05. The lowest BCUT2D eigenvalue weighted by molar-refractivity contribution is 0.0952. The van der Waals surface area contributed by atoms with E-state index in [0.29, 0.717) is 23.6 Å². The summed E-state index contributed by atoms with van der Waals surface area (Å²) >= 11 is 0. The Balaban J connectivity index is 1.91. The first kappa shape index (κ1) is 20.6. The lowest BCUT2D eigenvalue weighted by atomic mass is 10.0. The zero-order valence-corrected chi connectivity index (χ0v) is 17.8. The summed E-state index contributed by atoms with van der Waals surface area (Å²) in [6, 6.07) is 7.61. The van der Waals surface area contributed by atoms with E-state index in [1.54, 1.807) is 20.4 Å². The van der Waals surface area contributed by atoms with Crippen LogP contribution in [0.25, 0.3) is 11.0 Å². The topological polar surface area (TPSA) is 78.3 Å². The van der Waals surface area contributed by atoms with Gasteiger partial charge in [0.25, 0.3) is 5.91 Å². The molecule has 2 aromatic heterocycles. The number of nitrogens with zero attached hydrogens (tertiary/aromatic N) is 3.